The first-order valence-electron chi connectivity index (χ1n) is 6.63. The Morgan fingerprint density at radius 2 is 2.22 bits per heavy atom. The van der Waals surface area contributed by atoms with E-state index in [0.717, 1.165) is 18.5 Å². The molecule has 1 aliphatic heterocycles. The summed E-state index contributed by atoms with van der Waals surface area (Å²) in [6, 6.07) is 8.27. The second-order valence-corrected chi connectivity index (χ2v) is 5.57. The van der Waals surface area contributed by atoms with Crippen LogP contribution in [0.4, 0.5) is 0 Å². The molecule has 1 heterocycles. The Morgan fingerprint density at radius 1 is 1.44 bits per heavy atom. The molecule has 1 fully saturated rings. The van der Waals surface area contributed by atoms with Crippen LogP contribution in [0.5, 0.6) is 0 Å². The minimum Gasteiger partial charge on any atom is -0.341 e. The fourth-order valence-corrected chi connectivity index (χ4v) is 2.71. The highest BCUT2D eigenvalue weighted by atomic mass is 16.2. The highest BCUT2D eigenvalue weighted by molar-refractivity contribution is 5.79. The van der Waals surface area contributed by atoms with E-state index in [0.29, 0.717) is 18.9 Å². The number of nitrogens with zero attached hydrogens (tertiary/aromatic N) is 1. The quantitative estimate of drug-likeness (QED) is 0.864. The maximum absolute atomic E-state index is 12.2. The lowest BCUT2D eigenvalue weighted by Crippen LogP contribution is -2.49. The first kappa shape index (κ1) is 13.1. The van der Waals surface area contributed by atoms with E-state index in [1.54, 1.807) is 0 Å². The van der Waals surface area contributed by atoms with Gasteiger partial charge in [-0.1, -0.05) is 36.8 Å². The van der Waals surface area contributed by atoms with Crippen LogP contribution >= 0.6 is 0 Å². The van der Waals surface area contributed by atoms with E-state index < -0.39 is 0 Å². The molecule has 18 heavy (non-hydrogen) atoms. The van der Waals surface area contributed by atoms with Gasteiger partial charge in [0.25, 0.3) is 0 Å². The van der Waals surface area contributed by atoms with Gasteiger partial charge >= 0.3 is 0 Å². The molecule has 98 valence electrons. The van der Waals surface area contributed by atoms with Crippen molar-refractivity contribution in [3.8, 4) is 0 Å². The average molecular weight is 246 g/mol. The van der Waals surface area contributed by atoms with Gasteiger partial charge in [0.05, 0.1) is 6.42 Å². The van der Waals surface area contributed by atoms with Crippen molar-refractivity contribution >= 4 is 5.91 Å². The first-order chi connectivity index (χ1) is 8.54. The number of carbonyl (C=O) groups excluding carboxylic acids is 1. The molecule has 0 spiro atoms. The Bertz CT molecular complexity index is 420. The Kier molecular flexibility index (Phi) is 4.02. The zero-order chi connectivity index (χ0) is 13.1. The molecular weight excluding hydrogens is 224 g/mol. The Balaban J connectivity index is 1.99. The lowest BCUT2D eigenvalue weighted by atomic mass is 9.96. The molecule has 0 aliphatic carbocycles. The summed E-state index contributed by atoms with van der Waals surface area (Å²) in [7, 11) is 0. The Morgan fingerprint density at radius 3 is 2.89 bits per heavy atom. The van der Waals surface area contributed by atoms with Crippen molar-refractivity contribution in [3.05, 3.63) is 35.4 Å². The molecular formula is C15H22N2O. The topological polar surface area (TPSA) is 46.3 Å². The SMILES string of the molecule is Cc1cccc(CC(=O)N2CC(C)CC(N)C2)c1. The molecule has 0 radical (unpaired) electrons. The van der Waals surface area contributed by atoms with E-state index in [9.17, 15) is 4.79 Å². The molecule has 3 heteroatoms. The molecule has 0 bridgehead atoms. The predicted molar refractivity (Wildman–Crippen MR) is 73.2 cm³/mol. The van der Waals surface area contributed by atoms with Crippen molar-refractivity contribution in [3.63, 3.8) is 0 Å². The summed E-state index contributed by atoms with van der Waals surface area (Å²) < 4.78 is 0. The number of nitrogens with two attached hydrogens (primary N) is 1. The van der Waals surface area contributed by atoms with Gasteiger partial charge in [0.1, 0.15) is 0 Å². The van der Waals surface area contributed by atoms with Gasteiger partial charge in [0, 0.05) is 19.1 Å². The van der Waals surface area contributed by atoms with Crippen molar-refractivity contribution in [1.82, 2.24) is 4.90 Å². The van der Waals surface area contributed by atoms with Crippen molar-refractivity contribution in [2.75, 3.05) is 13.1 Å². The summed E-state index contributed by atoms with van der Waals surface area (Å²) in [5.74, 6) is 0.706. The van der Waals surface area contributed by atoms with Gasteiger partial charge in [0.2, 0.25) is 5.91 Å². The van der Waals surface area contributed by atoms with Crippen molar-refractivity contribution in [2.45, 2.75) is 32.7 Å². The van der Waals surface area contributed by atoms with Gasteiger partial charge in [-0.15, -0.1) is 0 Å². The molecule has 1 aromatic carbocycles. The van der Waals surface area contributed by atoms with E-state index in [1.807, 2.05) is 30.0 Å². The van der Waals surface area contributed by atoms with Crippen LogP contribution in [0.1, 0.15) is 24.5 Å². The number of piperidine rings is 1. The van der Waals surface area contributed by atoms with Gasteiger partial charge < -0.3 is 10.6 Å². The number of benzene rings is 1. The minimum absolute atomic E-state index is 0.134. The maximum Gasteiger partial charge on any atom is 0.227 e. The second-order valence-electron chi connectivity index (χ2n) is 5.57. The number of amides is 1. The Labute approximate surface area is 109 Å². The molecule has 1 amide bonds. The van der Waals surface area contributed by atoms with Crippen LogP contribution in [-0.2, 0) is 11.2 Å². The predicted octanol–water partition coefficient (Wildman–Crippen LogP) is 1.73. The summed E-state index contributed by atoms with van der Waals surface area (Å²) in [5, 5.41) is 0. The van der Waals surface area contributed by atoms with Crippen LogP contribution in [-0.4, -0.2) is 29.9 Å². The summed E-state index contributed by atoms with van der Waals surface area (Å²) in [6.07, 6.45) is 1.51. The largest absolute Gasteiger partial charge is 0.341 e. The Hall–Kier alpha value is -1.35. The third-order valence-electron chi connectivity index (χ3n) is 3.48. The molecule has 2 N–H and O–H groups in total. The van der Waals surface area contributed by atoms with Gasteiger partial charge in [0.15, 0.2) is 0 Å². The number of likely N-dealkylation sites (tertiary alicyclic amines) is 1. The summed E-state index contributed by atoms with van der Waals surface area (Å²) in [6.45, 7) is 5.76. The zero-order valence-corrected chi connectivity index (χ0v) is 11.2. The number of hydrogen-bond acceptors (Lipinski definition) is 2. The third kappa shape index (κ3) is 3.33. The van der Waals surface area contributed by atoms with E-state index in [2.05, 4.69) is 13.0 Å². The molecule has 1 aliphatic rings. The number of hydrogen-bond donors (Lipinski definition) is 1. The smallest absolute Gasteiger partial charge is 0.227 e. The van der Waals surface area contributed by atoms with Crippen LogP contribution in [0.2, 0.25) is 0 Å². The van der Waals surface area contributed by atoms with E-state index >= 15 is 0 Å². The fourth-order valence-electron chi connectivity index (χ4n) is 2.71. The summed E-state index contributed by atoms with van der Waals surface area (Å²) in [5.41, 5.74) is 8.26. The van der Waals surface area contributed by atoms with Crippen LogP contribution in [0.15, 0.2) is 24.3 Å². The van der Waals surface area contributed by atoms with Gasteiger partial charge in [-0.05, 0) is 24.8 Å². The fraction of sp³-hybridized carbons (Fsp3) is 0.533. The normalized spacial score (nSPS) is 24.1. The first-order valence-corrected chi connectivity index (χ1v) is 6.63. The van der Waals surface area contributed by atoms with E-state index in [-0.39, 0.29) is 11.9 Å². The standard InChI is InChI=1S/C15H22N2O/c1-11-4-3-5-13(6-11)8-15(18)17-9-12(2)7-14(16)10-17/h3-6,12,14H,7-10,16H2,1-2H3. The zero-order valence-electron chi connectivity index (χ0n) is 11.2. The molecule has 0 saturated carbocycles. The lowest BCUT2D eigenvalue weighted by molar-refractivity contribution is -0.132. The lowest BCUT2D eigenvalue weighted by Gasteiger charge is -2.34. The van der Waals surface area contributed by atoms with Crippen LogP contribution in [0, 0.1) is 12.8 Å². The molecule has 1 aromatic rings. The van der Waals surface area contributed by atoms with Gasteiger partial charge in [-0.3, -0.25) is 4.79 Å². The van der Waals surface area contributed by atoms with E-state index in [1.165, 1.54) is 5.56 Å². The molecule has 2 rings (SSSR count). The third-order valence-corrected chi connectivity index (χ3v) is 3.48. The van der Waals surface area contributed by atoms with Crippen LogP contribution in [0.25, 0.3) is 0 Å². The van der Waals surface area contributed by atoms with Crippen LogP contribution < -0.4 is 5.73 Å². The number of carbonyl (C=O) groups is 1. The molecule has 0 aromatic heterocycles. The van der Waals surface area contributed by atoms with E-state index in [4.69, 9.17) is 5.73 Å². The van der Waals surface area contributed by atoms with Crippen molar-refractivity contribution in [1.29, 1.82) is 0 Å². The second kappa shape index (κ2) is 5.53. The van der Waals surface area contributed by atoms with Crippen molar-refractivity contribution < 1.29 is 4.79 Å². The molecule has 1 saturated heterocycles. The summed E-state index contributed by atoms with van der Waals surface area (Å²) >= 11 is 0. The van der Waals surface area contributed by atoms with Crippen molar-refractivity contribution in [2.24, 2.45) is 11.7 Å². The average Bonchev–Trinajstić information content (AvgIpc) is 2.27. The number of rotatable bonds is 2. The molecule has 3 nitrogen and oxygen atoms in total. The minimum atomic E-state index is 0.134. The molecule has 2 unspecified atom stereocenters. The van der Waals surface area contributed by atoms with Gasteiger partial charge in [-0.2, -0.15) is 0 Å². The highest BCUT2D eigenvalue weighted by Crippen LogP contribution is 2.16. The highest BCUT2D eigenvalue weighted by Gasteiger charge is 2.25. The summed E-state index contributed by atoms with van der Waals surface area (Å²) in [4.78, 5) is 14.2. The molecule has 2 atom stereocenters. The number of aryl methyl sites for hydroxylation is 1. The maximum atomic E-state index is 12.2. The van der Waals surface area contributed by atoms with Crippen LogP contribution in [0.3, 0.4) is 0 Å². The van der Waals surface area contributed by atoms with Gasteiger partial charge in [-0.25, -0.2) is 0 Å². The monoisotopic (exact) mass is 246 g/mol.